The minimum atomic E-state index is -4.27. The molecule has 0 saturated carbocycles. The normalized spacial score (nSPS) is 16.0. The van der Waals surface area contributed by atoms with Gasteiger partial charge in [0.15, 0.2) is 0 Å². The van der Waals surface area contributed by atoms with Crippen LogP contribution in [-0.2, 0) is 14.9 Å². The quantitative estimate of drug-likeness (QED) is 0.365. The SMILES string of the molecule is Cc1cccc(C2CO2)c1C.[N-]=[N+]=NS(=O)(=O)N=[N+]=[N-]. The molecule has 10 heteroatoms. The molecule has 1 heterocycles. The second-order valence-electron chi connectivity index (χ2n) is 3.90. The number of benzene rings is 1. The third kappa shape index (κ3) is 4.79. The number of hydrogen-bond acceptors (Lipinski definition) is 3. The topological polar surface area (TPSA) is 144 Å². The first kappa shape index (κ1) is 15.8. The van der Waals surface area contributed by atoms with Gasteiger partial charge in [-0.2, -0.15) is 0 Å². The summed E-state index contributed by atoms with van der Waals surface area (Å²) in [5.74, 6) is 0. The van der Waals surface area contributed by atoms with Crippen LogP contribution in [-0.4, -0.2) is 15.0 Å². The van der Waals surface area contributed by atoms with Gasteiger partial charge in [0.05, 0.1) is 6.61 Å². The smallest absolute Gasteiger partial charge is 0.321 e. The average Bonchev–Trinajstić information content (AvgIpc) is 3.17. The van der Waals surface area contributed by atoms with Crippen molar-refractivity contribution in [1.29, 1.82) is 0 Å². The molecule has 0 aliphatic carbocycles. The Bertz CT molecular complexity index is 661. The van der Waals surface area contributed by atoms with E-state index in [9.17, 15) is 8.42 Å². The number of ether oxygens (including phenoxy) is 1. The Morgan fingerprint density at radius 1 is 1.25 bits per heavy atom. The van der Waals surface area contributed by atoms with Gasteiger partial charge in [0, 0.05) is 18.9 Å². The van der Waals surface area contributed by atoms with Crippen molar-refractivity contribution in [2.24, 2.45) is 9.04 Å². The van der Waals surface area contributed by atoms with Crippen LogP contribution in [0.15, 0.2) is 27.2 Å². The second kappa shape index (κ2) is 6.78. The van der Waals surface area contributed by atoms with Crippen LogP contribution in [0.1, 0.15) is 22.8 Å². The van der Waals surface area contributed by atoms with Crippen molar-refractivity contribution in [3.05, 3.63) is 55.8 Å². The molecule has 0 spiro atoms. The highest BCUT2D eigenvalue weighted by atomic mass is 32.2. The molecule has 1 aromatic rings. The number of nitrogens with zero attached hydrogens (tertiary/aromatic N) is 6. The summed E-state index contributed by atoms with van der Waals surface area (Å²) in [7, 11) is -4.27. The van der Waals surface area contributed by atoms with E-state index in [2.05, 4.69) is 41.1 Å². The van der Waals surface area contributed by atoms with Crippen molar-refractivity contribution in [2.45, 2.75) is 20.0 Å². The second-order valence-corrected chi connectivity index (χ2v) is 5.12. The maximum atomic E-state index is 9.99. The fourth-order valence-electron chi connectivity index (χ4n) is 1.46. The lowest BCUT2D eigenvalue weighted by Gasteiger charge is -2.04. The van der Waals surface area contributed by atoms with E-state index in [0.717, 1.165) is 6.61 Å². The highest BCUT2D eigenvalue weighted by Crippen LogP contribution is 2.32. The predicted molar refractivity (Wildman–Crippen MR) is 71.8 cm³/mol. The Hall–Kier alpha value is -2.25. The molecular weight excluding hydrogens is 284 g/mol. The molecule has 0 radical (unpaired) electrons. The van der Waals surface area contributed by atoms with Gasteiger partial charge < -0.3 is 4.74 Å². The molecule has 1 aromatic carbocycles. The van der Waals surface area contributed by atoms with Crippen molar-refractivity contribution in [3.8, 4) is 0 Å². The molecule has 1 aliphatic rings. The van der Waals surface area contributed by atoms with Gasteiger partial charge in [-0.25, -0.2) is 8.42 Å². The van der Waals surface area contributed by atoms with Crippen molar-refractivity contribution >= 4 is 10.2 Å². The maximum Gasteiger partial charge on any atom is 0.321 e. The molecule has 0 bridgehead atoms. The standard InChI is InChI=1S/C10H12O.N6O2S/c1-7-4-3-5-9(8(7)2)10-6-11-10;1-3-5-9(7,8)6-4-2/h3-5,10H,6H2,1-2H3;. The molecule has 0 amide bonds. The summed E-state index contributed by atoms with van der Waals surface area (Å²) in [5, 5.41) is 0. The van der Waals surface area contributed by atoms with Gasteiger partial charge in [-0.1, -0.05) is 18.2 Å². The van der Waals surface area contributed by atoms with Gasteiger partial charge in [-0.3, -0.25) is 0 Å². The van der Waals surface area contributed by atoms with Crippen molar-refractivity contribution < 1.29 is 13.2 Å². The van der Waals surface area contributed by atoms with Crippen molar-refractivity contribution in [1.82, 2.24) is 0 Å². The summed E-state index contributed by atoms with van der Waals surface area (Å²) in [6.07, 6.45) is 0.398. The van der Waals surface area contributed by atoms with Gasteiger partial charge in [0.25, 0.3) is 0 Å². The lowest BCUT2D eigenvalue weighted by molar-refractivity contribution is 0.415. The van der Waals surface area contributed by atoms with Crippen molar-refractivity contribution in [2.75, 3.05) is 6.61 Å². The number of epoxide rings is 1. The summed E-state index contributed by atoms with van der Waals surface area (Å²) >= 11 is 0. The lowest BCUT2D eigenvalue weighted by atomic mass is 10.0. The molecule has 1 aliphatic heterocycles. The Kier molecular flexibility index (Phi) is 5.36. The first-order valence-electron chi connectivity index (χ1n) is 5.46. The first-order valence-corrected chi connectivity index (χ1v) is 6.86. The summed E-state index contributed by atoms with van der Waals surface area (Å²) in [4.78, 5) is 3.80. The Labute approximate surface area is 115 Å². The van der Waals surface area contributed by atoms with Gasteiger partial charge in [-0.05, 0) is 41.6 Å². The molecule has 106 valence electrons. The first-order chi connectivity index (χ1) is 9.41. The van der Waals surface area contributed by atoms with Crippen molar-refractivity contribution in [3.63, 3.8) is 0 Å². The number of rotatable bonds is 3. The molecule has 1 saturated heterocycles. The fraction of sp³-hybridized carbons (Fsp3) is 0.400. The van der Waals surface area contributed by atoms with Crippen LogP contribution in [0, 0.1) is 13.8 Å². The molecule has 20 heavy (non-hydrogen) atoms. The fourth-order valence-corrected chi connectivity index (χ4v) is 1.68. The highest BCUT2D eigenvalue weighted by molar-refractivity contribution is 7.88. The molecule has 1 atom stereocenters. The van der Waals surface area contributed by atoms with Gasteiger partial charge in [0.2, 0.25) is 0 Å². The molecule has 1 unspecified atom stereocenters. The number of aryl methyl sites for hydroxylation is 1. The van der Waals surface area contributed by atoms with Crippen LogP contribution in [0.25, 0.3) is 20.9 Å². The van der Waals surface area contributed by atoms with Crippen LogP contribution in [0.2, 0.25) is 0 Å². The molecule has 0 aromatic heterocycles. The Balaban J connectivity index is 0.000000206. The number of hydrogen-bond donors (Lipinski definition) is 0. The zero-order valence-corrected chi connectivity index (χ0v) is 11.6. The van der Waals surface area contributed by atoms with Gasteiger partial charge in [0.1, 0.15) is 6.10 Å². The molecule has 0 N–H and O–H groups in total. The van der Waals surface area contributed by atoms with E-state index in [1.54, 1.807) is 0 Å². The molecule has 2 rings (SSSR count). The summed E-state index contributed by atoms with van der Waals surface area (Å²) < 4.78 is 29.6. The monoisotopic (exact) mass is 296 g/mol. The van der Waals surface area contributed by atoms with Gasteiger partial charge >= 0.3 is 10.2 Å². The van der Waals surface area contributed by atoms with Crippen LogP contribution in [0.4, 0.5) is 0 Å². The van der Waals surface area contributed by atoms with Crippen LogP contribution in [0.5, 0.6) is 0 Å². The minimum absolute atomic E-state index is 0.398. The zero-order valence-electron chi connectivity index (χ0n) is 10.8. The molecular formula is C10H12N6O3S. The zero-order chi connectivity index (χ0) is 15.2. The Morgan fingerprint density at radius 3 is 2.25 bits per heavy atom. The van der Waals surface area contributed by atoms with Crippen LogP contribution in [0.3, 0.4) is 0 Å². The van der Waals surface area contributed by atoms with Crippen LogP contribution >= 0.6 is 0 Å². The third-order valence-electron chi connectivity index (χ3n) is 2.61. The molecule has 1 fully saturated rings. The van der Waals surface area contributed by atoms with E-state index in [-0.39, 0.29) is 0 Å². The third-order valence-corrected chi connectivity index (χ3v) is 3.16. The Morgan fingerprint density at radius 2 is 1.80 bits per heavy atom. The lowest BCUT2D eigenvalue weighted by Crippen LogP contribution is -1.89. The minimum Gasteiger partial charge on any atom is -0.368 e. The van der Waals surface area contributed by atoms with E-state index in [0.29, 0.717) is 6.10 Å². The van der Waals surface area contributed by atoms with E-state index in [4.69, 9.17) is 15.8 Å². The number of azide groups is 1. The van der Waals surface area contributed by atoms with E-state index >= 15 is 0 Å². The molecule has 9 nitrogen and oxygen atoms in total. The predicted octanol–water partition coefficient (Wildman–Crippen LogP) is 3.23. The summed E-state index contributed by atoms with van der Waals surface area (Å²) in [5.41, 5.74) is 19.2. The maximum absolute atomic E-state index is 9.99. The highest BCUT2D eigenvalue weighted by Gasteiger charge is 2.26. The summed E-state index contributed by atoms with van der Waals surface area (Å²) in [6, 6.07) is 6.39. The summed E-state index contributed by atoms with van der Waals surface area (Å²) in [6.45, 7) is 5.21. The van der Waals surface area contributed by atoms with Gasteiger partial charge in [-0.15, -0.1) is 0 Å². The largest absolute Gasteiger partial charge is 0.368 e. The van der Waals surface area contributed by atoms with E-state index < -0.39 is 10.2 Å². The average molecular weight is 296 g/mol. The van der Waals surface area contributed by atoms with Crippen LogP contribution < -0.4 is 0 Å². The van der Waals surface area contributed by atoms with E-state index in [1.807, 2.05) is 9.82 Å². The van der Waals surface area contributed by atoms with E-state index in [1.165, 1.54) is 16.7 Å².